The third kappa shape index (κ3) is 36.6. The molecule has 0 aromatic rings. The quantitative estimate of drug-likeness (QED) is 0.0301. The summed E-state index contributed by atoms with van der Waals surface area (Å²) in [5.41, 5.74) is 0. The SMILES string of the molecule is CCCCC/C=C/C/C=C/C/C=C/CCCCC(=O)OC[C@H](COP(=O)(O)O)OC(=O)CCCC/C=C/C/C=C/CCCCCCCC. The number of hydrogen-bond acceptors (Lipinski definition) is 6. The zero-order chi connectivity index (χ0) is 35.4. The summed E-state index contributed by atoms with van der Waals surface area (Å²) >= 11 is 0. The van der Waals surface area contributed by atoms with Crippen molar-refractivity contribution in [1.82, 2.24) is 0 Å². The molecule has 0 rings (SSSR count). The summed E-state index contributed by atoms with van der Waals surface area (Å²) < 4.78 is 26.2. The van der Waals surface area contributed by atoms with Gasteiger partial charge in [0.15, 0.2) is 6.10 Å². The van der Waals surface area contributed by atoms with E-state index in [0.29, 0.717) is 12.8 Å². The summed E-state index contributed by atoms with van der Waals surface area (Å²) in [6.45, 7) is 3.56. The van der Waals surface area contributed by atoms with Crippen LogP contribution in [0.5, 0.6) is 0 Å². The van der Waals surface area contributed by atoms with Gasteiger partial charge in [0.1, 0.15) is 6.61 Å². The second kappa shape index (κ2) is 34.6. The first-order chi connectivity index (χ1) is 23.3. The Bertz CT molecular complexity index is 963. The minimum atomic E-state index is -4.77. The monoisotopic (exact) mass is 694 g/mol. The Morgan fingerprint density at radius 3 is 1.44 bits per heavy atom. The standard InChI is InChI=1S/C39H67O8P/c1-3-5-7-9-11-13-15-17-19-21-23-25-27-29-31-33-38(40)45-35-37(36-46-48(42,43)44)47-39(41)34-32-30-28-26-24-22-20-18-16-14-12-10-8-6-4-2/h11,13,17-20,23-26,37H,3-10,12,14-16,21-22,27-36H2,1-2H3,(H2,42,43,44)/b13-11+,19-17+,20-18+,25-23+,26-24+/t37-/m1/s1. The van der Waals surface area contributed by atoms with Crippen molar-refractivity contribution in [3.05, 3.63) is 60.8 Å². The van der Waals surface area contributed by atoms with Gasteiger partial charge >= 0.3 is 19.8 Å². The van der Waals surface area contributed by atoms with Gasteiger partial charge < -0.3 is 19.3 Å². The van der Waals surface area contributed by atoms with Crippen LogP contribution in [-0.4, -0.2) is 41.0 Å². The highest BCUT2D eigenvalue weighted by Gasteiger charge is 2.22. The molecule has 0 saturated heterocycles. The number of phosphoric ester groups is 1. The van der Waals surface area contributed by atoms with E-state index in [4.69, 9.17) is 19.3 Å². The highest BCUT2D eigenvalue weighted by molar-refractivity contribution is 7.46. The van der Waals surface area contributed by atoms with Crippen LogP contribution in [0.2, 0.25) is 0 Å². The largest absolute Gasteiger partial charge is 0.469 e. The van der Waals surface area contributed by atoms with Gasteiger partial charge in [-0.2, -0.15) is 0 Å². The third-order valence-corrected chi connectivity index (χ3v) is 7.99. The van der Waals surface area contributed by atoms with Gasteiger partial charge in [0.2, 0.25) is 0 Å². The van der Waals surface area contributed by atoms with E-state index in [-0.39, 0.29) is 19.4 Å². The summed E-state index contributed by atoms with van der Waals surface area (Å²) in [5, 5.41) is 0. The van der Waals surface area contributed by atoms with E-state index in [1.807, 2.05) is 0 Å². The predicted octanol–water partition coefficient (Wildman–Crippen LogP) is 11.0. The van der Waals surface area contributed by atoms with Crippen molar-refractivity contribution in [2.75, 3.05) is 13.2 Å². The maximum absolute atomic E-state index is 12.3. The average Bonchev–Trinajstić information content (AvgIpc) is 3.05. The fraction of sp³-hybridized carbons (Fsp3) is 0.692. The van der Waals surface area contributed by atoms with E-state index in [0.717, 1.165) is 57.8 Å². The first kappa shape index (κ1) is 45.8. The molecule has 48 heavy (non-hydrogen) atoms. The Morgan fingerprint density at radius 2 is 0.938 bits per heavy atom. The van der Waals surface area contributed by atoms with Crippen molar-refractivity contribution in [3.8, 4) is 0 Å². The Morgan fingerprint density at radius 1 is 0.542 bits per heavy atom. The number of allylic oxidation sites excluding steroid dienone is 10. The number of ether oxygens (including phenoxy) is 2. The van der Waals surface area contributed by atoms with E-state index < -0.39 is 32.5 Å². The Labute approximate surface area is 292 Å². The van der Waals surface area contributed by atoms with Crippen molar-refractivity contribution < 1.29 is 37.9 Å². The molecule has 9 heteroatoms. The summed E-state index contributed by atoms with van der Waals surface area (Å²) in [7, 11) is -4.77. The molecule has 0 heterocycles. The molecule has 0 amide bonds. The van der Waals surface area contributed by atoms with E-state index in [9.17, 15) is 14.2 Å². The van der Waals surface area contributed by atoms with Crippen LogP contribution in [0, 0.1) is 0 Å². The molecule has 0 saturated carbocycles. The van der Waals surface area contributed by atoms with Crippen LogP contribution in [0.3, 0.4) is 0 Å². The van der Waals surface area contributed by atoms with Gasteiger partial charge in [-0.3, -0.25) is 14.1 Å². The van der Waals surface area contributed by atoms with Gasteiger partial charge in [-0.15, -0.1) is 0 Å². The fourth-order valence-corrected chi connectivity index (χ4v) is 5.06. The highest BCUT2D eigenvalue weighted by atomic mass is 31.2. The number of esters is 2. The summed E-state index contributed by atoms with van der Waals surface area (Å²) in [5.74, 6) is -0.974. The third-order valence-electron chi connectivity index (χ3n) is 7.51. The van der Waals surface area contributed by atoms with E-state index in [1.54, 1.807) is 0 Å². The topological polar surface area (TPSA) is 119 Å². The van der Waals surface area contributed by atoms with Crippen molar-refractivity contribution in [2.45, 2.75) is 161 Å². The molecule has 0 aliphatic heterocycles. The lowest BCUT2D eigenvalue weighted by Crippen LogP contribution is -2.29. The van der Waals surface area contributed by atoms with Gasteiger partial charge in [-0.25, -0.2) is 4.57 Å². The molecule has 2 N–H and O–H groups in total. The van der Waals surface area contributed by atoms with Crippen LogP contribution in [0.1, 0.15) is 155 Å². The minimum Gasteiger partial charge on any atom is -0.462 e. The molecule has 0 unspecified atom stereocenters. The molecule has 1 atom stereocenters. The van der Waals surface area contributed by atoms with Gasteiger partial charge in [-0.05, 0) is 83.5 Å². The minimum absolute atomic E-state index is 0.159. The highest BCUT2D eigenvalue weighted by Crippen LogP contribution is 2.35. The van der Waals surface area contributed by atoms with Crippen molar-refractivity contribution in [1.29, 1.82) is 0 Å². The van der Waals surface area contributed by atoms with Crippen LogP contribution in [0.4, 0.5) is 0 Å². The zero-order valence-electron chi connectivity index (χ0n) is 30.1. The number of carbonyl (C=O) groups is 2. The Hall–Kier alpha value is -2.25. The van der Waals surface area contributed by atoms with Gasteiger partial charge in [0, 0.05) is 12.8 Å². The lowest BCUT2D eigenvalue weighted by atomic mass is 10.1. The first-order valence-corrected chi connectivity index (χ1v) is 20.1. The first-order valence-electron chi connectivity index (χ1n) is 18.6. The molecule has 0 radical (unpaired) electrons. The zero-order valence-corrected chi connectivity index (χ0v) is 31.0. The van der Waals surface area contributed by atoms with Gasteiger partial charge in [0.25, 0.3) is 0 Å². The summed E-state index contributed by atoms with van der Waals surface area (Å²) in [6.07, 6.45) is 42.3. The molecule has 0 spiro atoms. The fourth-order valence-electron chi connectivity index (χ4n) is 4.70. The molecule has 0 fully saturated rings. The Kier molecular flexibility index (Phi) is 33.0. The lowest BCUT2D eigenvalue weighted by Gasteiger charge is -2.18. The second-order valence-corrected chi connectivity index (χ2v) is 13.4. The lowest BCUT2D eigenvalue weighted by molar-refractivity contribution is -0.161. The van der Waals surface area contributed by atoms with Crippen LogP contribution >= 0.6 is 7.82 Å². The van der Waals surface area contributed by atoms with E-state index in [2.05, 4.69) is 79.1 Å². The normalized spacial score (nSPS) is 13.2. The van der Waals surface area contributed by atoms with Crippen molar-refractivity contribution >= 4 is 19.8 Å². The van der Waals surface area contributed by atoms with E-state index >= 15 is 0 Å². The maximum Gasteiger partial charge on any atom is 0.469 e. The molecule has 0 bridgehead atoms. The maximum atomic E-state index is 12.3. The number of carbonyl (C=O) groups excluding carboxylic acids is 2. The number of phosphoric acid groups is 1. The predicted molar refractivity (Wildman–Crippen MR) is 197 cm³/mol. The van der Waals surface area contributed by atoms with Gasteiger partial charge in [-0.1, -0.05) is 120 Å². The number of unbranched alkanes of at least 4 members (excludes halogenated alkanes) is 13. The second-order valence-electron chi connectivity index (χ2n) is 12.2. The van der Waals surface area contributed by atoms with Gasteiger partial charge in [0.05, 0.1) is 6.61 Å². The van der Waals surface area contributed by atoms with E-state index in [1.165, 1.54) is 57.8 Å². The molecular formula is C39H67O8P. The smallest absolute Gasteiger partial charge is 0.462 e. The molecule has 8 nitrogen and oxygen atoms in total. The molecule has 0 aliphatic rings. The van der Waals surface area contributed by atoms with Crippen LogP contribution in [0.15, 0.2) is 60.8 Å². The van der Waals surface area contributed by atoms with Crippen molar-refractivity contribution in [3.63, 3.8) is 0 Å². The van der Waals surface area contributed by atoms with Crippen LogP contribution < -0.4 is 0 Å². The molecule has 0 aromatic heterocycles. The average molecular weight is 695 g/mol. The molecule has 0 aromatic carbocycles. The van der Waals surface area contributed by atoms with Crippen LogP contribution in [0.25, 0.3) is 0 Å². The summed E-state index contributed by atoms with van der Waals surface area (Å²) in [6, 6.07) is 0. The Balaban J connectivity index is 4.12. The van der Waals surface area contributed by atoms with Crippen LogP contribution in [-0.2, 0) is 28.2 Å². The molecule has 276 valence electrons. The summed E-state index contributed by atoms with van der Waals surface area (Å²) in [4.78, 5) is 42.6. The van der Waals surface area contributed by atoms with Crippen molar-refractivity contribution in [2.24, 2.45) is 0 Å². The molecular weight excluding hydrogens is 627 g/mol. The number of rotatable bonds is 33. The number of hydrogen-bond donors (Lipinski definition) is 2. The molecule has 0 aliphatic carbocycles.